The van der Waals surface area contributed by atoms with Crippen LogP contribution in [0.2, 0.25) is 0 Å². The predicted octanol–water partition coefficient (Wildman–Crippen LogP) is 8.50. The molecule has 0 aliphatic rings. The number of carbonyl (C=O) groups is 1. The summed E-state index contributed by atoms with van der Waals surface area (Å²) >= 11 is 0.748. The number of aromatic nitrogens is 1. The molecule has 38 heavy (non-hydrogen) atoms. The molecule has 5 aromatic rings. The van der Waals surface area contributed by atoms with Gasteiger partial charge >= 0.3 is 6.18 Å². The largest absolute Gasteiger partial charge is 0.494 e. The summed E-state index contributed by atoms with van der Waals surface area (Å²) in [6.45, 7) is 2.23. The molecule has 0 atom stereocenters. The number of alkyl halides is 3. The summed E-state index contributed by atoms with van der Waals surface area (Å²) in [5.74, 6) is -0.837. The van der Waals surface area contributed by atoms with Crippen LogP contribution in [0.3, 0.4) is 0 Å². The maximum Gasteiger partial charge on any atom is 0.434 e. The van der Waals surface area contributed by atoms with E-state index in [2.05, 4.69) is 4.98 Å². The molecule has 0 saturated carbocycles. The van der Waals surface area contributed by atoms with Gasteiger partial charge in [-0.25, -0.2) is 9.37 Å². The Bertz CT molecular complexity index is 1610. The molecule has 0 radical (unpaired) electrons. The van der Waals surface area contributed by atoms with Crippen LogP contribution in [0.15, 0.2) is 91.0 Å². The van der Waals surface area contributed by atoms with Gasteiger partial charge in [0.25, 0.3) is 5.91 Å². The number of thiazole rings is 1. The van der Waals surface area contributed by atoms with Gasteiger partial charge in [-0.3, -0.25) is 9.69 Å². The van der Waals surface area contributed by atoms with Crippen LogP contribution >= 0.6 is 11.3 Å². The van der Waals surface area contributed by atoms with Gasteiger partial charge in [-0.2, -0.15) is 13.2 Å². The van der Waals surface area contributed by atoms with E-state index in [0.29, 0.717) is 23.3 Å². The zero-order chi connectivity index (χ0) is 26.9. The average molecular weight is 537 g/mol. The van der Waals surface area contributed by atoms with Crippen molar-refractivity contribution in [1.82, 2.24) is 4.98 Å². The molecular weight excluding hydrogens is 516 g/mol. The number of amides is 1. The van der Waals surface area contributed by atoms with Crippen molar-refractivity contribution >= 4 is 38.8 Å². The van der Waals surface area contributed by atoms with Crippen LogP contribution in [0.25, 0.3) is 21.2 Å². The maximum atomic E-state index is 14.3. The standard InChI is InChI=1S/C29H20F4N2O2S/c1-2-37-22-15-13-21(14-16-22)35(27(36)19-9-5-10-20(30)17-19)28-34-26(29(31,32)33)25(38-28)24-12-6-8-18-7-3-4-11-23(18)24/h3-17H,2H2,1H3. The molecule has 192 valence electrons. The van der Waals surface area contributed by atoms with E-state index in [-0.39, 0.29) is 21.3 Å². The first kappa shape index (κ1) is 25.4. The average Bonchev–Trinajstić information content (AvgIpc) is 3.35. The lowest BCUT2D eigenvalue weighted by atomic mass is 10.0. The van der Waals surface area contributed by atoms with E-state index >= 15 is 0 Å². The Hall–Kier alpha value is -4.24. The van der Waals surface area contributed by atoms with Crippen molar-refractivity contribution in [2.24, 2.45) is 0 Å². The fourth-order valence-electron chi connectivity index (χ4n) is 4.13. The van der Waals surface area contributed by atoms with Gasteiger partial charge in [0.05, 0.1) is 17.2 Å². The molecule has 0 aliphatic heterocycles. The first-order valence-electron chi connectivity index (χ1n) is 11.7. The van der Waals surface area contributed by atoms with Gasteiger partial charge in [0, 0.05) is 11.1 Å². The highest BCUT2D eigenvalue weighted by Crippen LogP contribution is 2.46. The topological polar surface area (TPSA) is 42.4 Å². The number of hydrogen-bond acceptors (Lipinski definition) is 4. The molecule has 0 spiro atoms. The highest BCUT2D eigenvalue weighted by atomic mass is 32.1. The van der Waals surface area contributed by atoms with E-state index in [4.69, 9.17) is 4.74 Å². The molecule has 0 N–H and O–H groups in total. The van der Waals surface area contributed by atoms with Crippen LogP contribution in [-0.2, 0) is 6.18 Å². The van der Waals surface area contributed by atoms with E-state index in [1.807, 2.05) is 19.1 Å². The highest BCUT2D eigenvalue weighted by molar-refractivity contribution is 7.19. The van der Waals surface area contributed by atoms with Crippen LogP contribution in [0.5, 0.6) is 5.75 Å². The number of hydrogen-bond donors (Lipinski definition) is 0. The van der Waals surface area contributed by atoms with Crippen molar-refractivity contribution in [2.75, 3.05) is 11.5 Å². The Kier molecular flexibility index (Phi) is 6.86. The summed E-state index contributed by atoms with van der Waals surface area (Å²) in [4.78, 5) is 18.5. The zero-order valence-electron chi connectivity index (χ0n) is 20.0. The first-order chi connectivity index (χ1) is 18.3. The Labute approximate surface area is 219 Å². The second kappa shape index (κ2) is 10.3. The number of ether oxygens (including phenoxy) is 1. The minimum atomic E-state index is -4.78. The number of carbonyl (C=O) groups excluding carboxylic acids is 1. The fourth-order valence-corrected chi connectivity index (χ4v) is 5.27. The molecular formula is C29H20F4N2O2S. The number of halogens is 4. The van der Waals surface area contributed by atoms with E-state index in [0.717, 1.165) is 27.7 Å². The Morgan fingerprint density at radius 3 is 2.37 bits per heavy atom. The van der Waals surface area contributed by atoms with Crippen LogP contribution < -0.4 is 9.64 Å². The molecule has 0 unspecified atom stereocenters. The molecule has 9 heteroatoms. The summed E-state index contributed by atoms with van der Waals surface area (Å²) in [6, 6.07) is 23.5. The van der Waals surface area contributed by atoms with Crippen LogP contribution in [0.4, 0.5) is 28.4 Å². The summed E-state index contributed by atoms with van der Waals surface area (Å²) < 4.78 is 62.3. The second-order valence-corrected chi connectivity index (χ2v) is 9.25. The number of benzene rings is 4. The lowest BCUT2D eigenvalue weighted by Gasteiger charge is -2.20. The smallest absolute Gasteiger partial charge is 0.434 e. The number of nitrogens with zero attached hydrogens (tertiary/aromatic N) is 2. The maximum absolute atomic E-state index is 14.3. The second-order valence-electron chi connectivity index (χ2n) is 8.28. The third kappa shape index (κ3) is 4.97. The van der Waals surface area contributed by atoms with Gasteiger partial charge in [0.1, 0.15) is 11.6 Å². The molecule has 0 aliphatic carbocycles. The zero-order valence-corrected chi connectivity index (χ0v) is 20.8. The predicted molar refractivity (Wildman–Crippen MR) is 141 cm³/mol. The van der Waals surface area contributed by atoms with Crippen molar-refractivity contribution in [2.45, 2.75) is 13.1 Å². The summed E-state index contributed by atoms with van der Waals surface area (Å²) in [7, 11) is 0. The summed E-state index contributed by atoms with van der Waals surface area (Å²) in [5.41, 5.74) is -0.523. The minimum absolute atomic E-state index is 0.0330. The highest BCUT2D eigenvalue weighted by Gasteiger charge is 2.40. The summed E-state index contributed by atoms with van der Waals surface area (Å²) in [5, 5.41) is 1.20. The quantitative estimate of drug-likeness (QED) is 0.204. The van der Waals surface area contributed by atoms with Gasteiger partial charge in [0.15, 0.2) is 10.8 Å². The third-order valence-corrected chi connectivity index (χ3v) is 6.86. The molecule has 0 fully saturated rings. The van der Waals surface area contributed by atoms with Gasteiger partial charge in [0.2, 0.25) is 0 Å². The van der Waals surface area contributed by atoms with Crippen LogP contribution in [0.1, 0.15) is 23.0 Å². The molecule has 4 aromatic carbocycles. The summed E-state index contributed by atoms with van der Waals surface area (Å²) in [6.07, 6.45) is -4.78. The third-order valence-electron chi connectivity index (χ3n) is 5.79. The molecule has 1 amide bonds. The lowest BCUT2D eigenvalue weighted by molar-refractivity contribution is -0.140. The fraction of sp³-hybridized carbons (Fsp3) is 0.103. The molecule has 1 heterocycles. The van der Waals surface area contributed by atoms with E-state index in [1.54, 1.807) is 54.6 Å². The molecule has 0 saturated heterocycles. The van der Waals surface area contributed by atoms with Crippen LogP contribution in [-0.4, -0.2) is 17.5 Å². The van der Waals surface area contributed by atoms with Crippen molar-refractivity contribution in [3.8, 4) is 16.2 Å². The molecule has 4 nitrogen and oxygen atoms in total. The first-order valence-corrected chi connectivity index (χ1v) is 12.5. The Balaban J connectivity index is 1.71. The monoisotopic (exact) mass is 536 g/mol. The van der Waals surface area contributed by atoms with Crippen molar-refractivity contribution in [3.05, 3.63) is 108 Å². The van der Waals surface area contributed by atoms with Gasteiger partial charge in [-0.1, -0.05) is 59.9 Å². The van der Waals surface area contributed by atoms with Crippen molar-refractivity contribution < 1.29 is 27.1 Å². The number of fused-ring (bicyclic) bond motifs is 1. The van der Waals surface area contributed by atoms with Gasteiger partial charge < -0.3 is 4.74 Å². The lowest BCUT2D eigenvalue weighted by Crippen LogP contribution is -2.26. The normalized spacial score (nSPS) is 11.5. The van der Waals surface area contributed by atoms with E-state index < -0.39 is 23.6 Å². The van der Waals surface area contributed by atoms with E-state index in [9.17, 15) is 22.4 Å². The van der Waals surface area contributed by atoms with Gasteiger partial charge in [-0.05, 0) is 60.2 Å². The Morgan fingerprint density at radius 1 is 0.947 bits per heavy atom. The Morgan fingerprint density at radius 2 is 1.66 bits per heavy atom. The SMILES string of the molecule is CCOc1ccc(N(C(=O)c2cccc(F)c2)c2nc(C(F)(F)F)c(-c3cccc4ccccc34)s2)cc1. The number of rotatable bonds is 6. The van der Waals surface area contributed by atoms with E-state index in [1.165, 1.54) is 18.2 Å². The molecule has 1 aromatic heterocycles. The number of anilines is 2. The molecule has 5 rings (SSSR count). The minimum Gasteiger partial charge on any atom is -0.494 e. The van der Waals surface area contributed by atoms with Crippen molar-refractivity contribution in [3.63, 3.8) is 0 Å². The molecule has 0 bridgehead atoms. The van der Waals surface area contributed by atoms with Gasteiger partial charge in [-0.15, -0.1) is 0 Å². The van der Waals surface area contributed by atoms with Crippen molar-refractivity contribution in [1.29, 1.82) is 0 Å². The van der Waals surface area contributed by atoms with Crippen LogP contribution in [0, 0.1) is 5.82 Å².